The summed E-state index contributed by atoms with van der Waals surface area (Å²) in [6.07, 6.45) is 3.50. The summed E-state index contributed by atoms with van der Waals surface area (Å²) in [5, 5.41) is 15.7. The lowest BCUT2D eigenvalue weighted by atomic mass is 9.78. The van der Waals surface area contributed by atoms with Crippen molar-refractivity contribution in [3.05, 3.63) is 29.3 Å². The lowest BCUT2D eigenvalue weighted by Crippen LogP contribution is -2.46. The van der Waals surface area contributed by atoms with Gasteiger partial charge in [-0.3, -0.25) is 4.79 Å². The van der Waals surface area contributed by atoms with Crippen LogP contribution in [0.25, 0.3) is 5.69 Å². The van der Waals surface area contributed by atoms with Crippen molar-refractivity contribution in [2.24, 2.45) is 11.8 Å². The molecule has 1 aliphatic carbocycles. The van der Waals surface area contributed by atoms with Crippen molar-refractivity contribution < 1.29 is 4.79 Å². The molecule has 146 valence electrons. The minimum Gasteiger partial charge on any atom is -0.352 e. The minimum atomic E-state index is -0.259. The second-order valence-electron chi connectivity index (χ2n) is 7.81. The Morgan fingerprint density at radius 2 is 2.07 bits per heavy atom. The fourth-order valence-corrected chi connectivity index (χ4v) is 4.55. The van der Waals surface area contributed by atoms with Gasteiger partial charge >= 0.3 is 0 Å². The van der Waals surface area contributed by atoms with Gasteiger partial charge in [-0.25, -0.2) is 0 Å². The second kappa shape index (κ2) is 8.42. The Bertz CT molecular complexity index is 805. The van der Waals surface area contributed by atoms with Crippen molar-refractivity contribution >= 4 is 17.7 Å². The Balaban J connectivity index is 1.69. The molecule has 0 saturated heterocycles. The Hall–Kier alpha value is -1.89. The number of hydrogen-bond acceptors (Lipinski definition) is 5. The molecule has 1 heterocycles. The molecular weight excluding hydrogens is 358 g/mol. The lowest BCUT2D eigenvalue weighted by Gasteiger charge is -2.35. The van der Waals surface area contributed by atoms with Crippen LogP contribution in [0.15, 0.2) is 23.4 Å². The van der Waals surface area contributed by atoms with Crippen molar-refractivity contribution in [1.82, 2.24) is 25.5 Å². The molecular formula is C20H29N5OS. The zero-order valence-corrected chi connectivity index (χ0v) is 17.6. The van der Waals surface area contributed by atoms with Crippen LogP contribution in [0.3, 0.4) is 0 Å². The fourth-order valence-electron chi connectivity index (χ4n) is 3.74. The Morgan fingerprint density at radius 1 is 1.30 bits per heavy atom. The van der Waals surface area contributed by atoms with Gasteiger partial charge in [-0.15, -0.1) is 5.10 Å². The summed E-state index contributed by atoms with van der Waals surface area (Å²) in [5.41, 5.74) is 3.24. The molecule has 0 unspecified atom stereocenters. The van der Waals surface area contributed by atoms with Gasteiger partial charge in [0, 0.05) is 6.04 Å². The third-order valence-corrected chi connectivity index (χ3v) is 6.74. The molecule has 4 atom stereocenters. The molecule has 1 aromatic carbocycles. The molecule has 1 amide bonds. The highest BCUT2D eigenvalue weighted by Gasteiger charge is 2.30. The maximum absolute atomic E-state index is 12.7. The van der Waals surface area contributed by atoms with Crippen molar-refractivity contribution in [1.29, 1.82) is 0 Å². The first kappa shape index (κ1) is 19.9. The van der Waals surface area contributed by atoms with Gasteiger partial charge in [-0.2, -0.15) is 4.68 Å². The summed E-state index contributed by atoms with van der Waals surface area (Å²) in [4.78, 5) is 12.7. The number of benzene rings is 1. The SMILES string of the molecule is Cc1ccc(-n2nnnc2S[C@@H](C)C(=O)N[C@H]2CCC[C@H](C)[C@@H]2C)c(C)c1. The summed E-state index contributed by atoms with van der Waals surface area (Å²) in [6, 6.07) is 6.42. The highest BCUT2D eigenvalue weighted by Crippen LogP contribution is 2.30. The molecule has 27 heavy (non-hydrogen) atoms. The number of nitrogens with zero attached hydrogens (tertiary/aromatic N) is 4. The second-order valence-corrected chi connectivity index (χ2v) is 9.11. The van der Waals surface area contributed by atoms with Gasteiger partial charge < -0.3 is 5.32 Å². The van der Waals surface area contributed by atoms with E-state index in [0.717, 1.165) is 17.7 Å². The number of carbonyl (C=O) groups is 1. The average molecular weight is 388 g/mol. The highest BCUT2D eigenvalue weighted by atomic mass is 32.2. The summed E-state index contributed by atoms with van der Waals surface area (Å²) in [5.74, 6) is 1.23. The third-order valence-electron chi connectivity index (χ3n) is 5.71. The van der Waals surface area contributed by atoms with Crippen LogP contribution in [0.2, 0.25) is 0 Å². The van der Waals surface area contributed by atoms with Crippen molar-refractivity contribution in [3.8, 4) is 5.69 Å². The Labute approximate surface area is 165 Å². The van der Waals surface area contributed by atoms with Gasteiger partial charge in [0.25, 0.3) is 0 Å². The van der Waals surface area contributed by atoms with Crippen LogP contribution in [-0.2, 0) is 4.79 Å². The van der Waals surface area contributed by atoms with Crippen molar-refractivity contribution in [3.63, 3.8) is 0 Å². The number of tetrazole rings is 1. The van der Waals surface area contributed by atoms with E-state index in [0.29, 0.717) is 17.0 Å². The molecule has 0 radical (unpaired) electrons. The quantitative estimate of drug-likeness (QED) is 0.792. The number of aromatic nitrogens is 4. The molecule has 7 heteroatoms. The summed E-state index contributed by atoms with van der Waals surface area (Å²) < 4.78 is 1.72. The molecule has 1 fully saturated rings. The molecule has 0 spiro atoms. The summed E-state index contributed by atoms with van der Waals surface area (Å²) in [6.45, 7) is 10.5. The number of carbonyl (C=O) groups excluding carboxylic acids is 1. The highest BCUT2D eigenvalue weighted by molar-refractivity contribution is 8.00. The summed E-state index contributed by atoms with van der Waals surface area (Å²) in [7, 11) is 0. The van der Waals surface area contributed by atoms with Crippen LogP contribution < -0.4 is 5.32 Å². The molecule has 0 bridgehead atoms. The molecule has 2 aromatic rings. The van der Waals surface area contributed by atoms with Crippen LogP contribution in [0.5, 0.6) is 0 Å². The third kappa shape index (κ3) is 4.51. The fraction of sp³-hybridized carbons (Fsp3) is 0.600. The Morgan fingerprint density at radius 3 is 2.81 bits per heavy atom. The van der Waals surface area contributed by atoms with Crippen LogP contribution in [0.1, 0.15) is 51.2 Å². The van der Waals surface area contributed by atoms with Crippen LogP contribution in [0.4, 0.5) is 0 Å². The molecule has 0 aliphatic heterocycles. The number of aryl methyl sites for hydroxylation is 2. The van der Waals surface area contributed by atoms with Gasteiger partial charge in [0.05, 0.1) is 10.9 Å². The number of amides is 1. The van der Waals surface area contributed by atoms with Gasteiger partial charge in [-0.05, 0) is 61.1 Å². The minimum absolute atomic E-state index is 0.0566. The van der Waals surface area contributed by atoms with E-state index in [1.165, 1.54) is 30.2 Å². The van der Waals surface area contributed by atoms with Crippen LogP contribution in [0, 0.1) is 25.7 Å². The smallest absolute Gasteiger partial charge is 0.233 e. The van der Waals surface area contributed by atoms with Crippen LogP contribution in [-0.4, -0.2) is 37.4 Å². The molecule has 1 N–H and O–H groups in total. The van der Waals surface area contributed by atoms with Gasteiger partial charge in [0.15, 0.2) is 0 Å². The van der Waals surface area contributed by atoms with Crippen molar-refractivity contribution in [2.75, 3.05) is 0 Å². The van der Waals surface area contributed by atoms with Gasteiger partial charge in [-0.1, -0.05) is 56.1 Å². The van der Waals surface area contributed by atoms with Gasteiger partial charge in [0.2, 0.25) is 11.1 Å². The van der Waals surface area contributed by atoms with E-state index in [2.05, 4.69) is 47.7 Å². The summed E-state index contributed by atoms with van der Waals surface area (Å²) >= 11 is 1.40. The van der Waals surface area contributed by atoms with E-state index in [9.17, 15) is 4.79 Å². The first-order valence-electron chi connectivity index (χ1n) is 9.70. The average Bonchev–Trinajstić information content (AvgIpc) is 3.06. The zero-order chi connectivity index (χ0) is 19.6. The molecule has 1 aromatic heterocycles. The first-order valence-corrected chi connectivity index (χ1v) is 10.6. The van der Waals surface area contributed by atoms with Crippen molar-refractivity contribution in [2.45, 2.75) is 70.3 Å². The normalized spacial score (nSPS) is 23.8. The van der Waals surface area contributed by atoms with E-state index in [-0.39, 0.29) is 17.2 Å². The molecule has 1 aliphatic rings. The Kier molecular flexibility index (Phi) is 6.19. The van der Waals surface area contributed by atoms with E-state index in [1.54, 1.807) is 4.68 Å². The van der Waals surface area contributed by atoms with Crippen LogP contribution >= 0.6 is 11.8 Å². The monoisotopic (exact) mass is 387 g/mol. The number of rotatable bonds is 5. The predicted molar refractivity (Wildman–Crippen MR) is 108 cm³/mol. The van der Waals surface area contributed by atoms with E-state index < -0.39 is 0 Å². The zero-order valence-electron chi connectivity index (χ0n) is 16.8. The van der Waals surface area contributed by atoms with Gasteiger partial charge in [0.1, 0.15) is 0 Å². The van der Waals surface area contributed by atoms with E-state index >= 15 is 0 Å². The maximum atomic E-state index is 12.7. The topological polar surface area (TPSA) is 72.7 Å². The number of nitrogens with one attached hydrogen (secondary N) is 1. The lowest BCUT2D eigenvalue weighted by molar-refractivity contribution is -0.121. The number of thioether (sulfide) groups is 1. The van der Waals surface area contributed by atoms with E-state index in [1.807, 2.05) is 26.0 Å². The van der Waals surface area contributed by atoms with E-state index in [4.69, 9.17) is 0 Å². The molecule has 1 saturated carbocycles. The predicted octanol–water partition coefficient (Wildman–Crippen LogP) is 3.70. The first-order chi connectivity index (χ1) is 12.9. The largest absolute Gasteiger partial charge is 0.352 e. The molecule has 6 nitrogen and oxygen atoms in total. The maximum Gasteiger partial charge on any atom is 0.233 e. The number of hydrogen-bond donors (Lipinski definition) is 1. The standard InChI is InChI=1S/C20H29N5OS/c1-12-9-10-18(14(3)11-12)25-20(22-23-24-25)27-16(5)19(26)21-17-8-6-7-13(2)15(17)4/h9-11,13,15-17H,6-8H2,1-5H3,(H,21,26)/t13-,15-,16-,17-/m0/s1. The molecule has 3 rings (SSSR count).